The summed E-state index contributed by atoms with van der Waals surface area (Å²) in [6.07, 6.45) is 4.14. The first kappa shape index (κ1) is 15.9. The highest BCUT2D eigenvalue weighted by Crippen LogP contribution is 2.40. The van der Waals surface area contributed by atoms with Gasteiger partial charge < -0.3 is 8.75 Å². The van der Waals surface area contributed by atoms with Gasteiger partial charge >= 0.3 is 15.6 Å². The standard InChI is InChI=1S/C14H13F3N2O3S/c1-19-8-12(9-2-3-9)18-13(19)10-4-6-11(7-5-10)22-23(20,21)14(15,16)17/h4-9H,2-3H2,1H3. The van der Waals surface area contributed by atoms with Crippen LogP contribution in [0.25, 0.3) is 11.4 Å². The van der Waals surface area contributed by atoms with Crippen LogP contribution in [-0.4, -0.2) is 23.5 Å². The SMILES string of the molecule is Cn1cc(C2CC2)nc1-c1ccc(OS(=O)(=O)C(F)(F)F)cc1. The van der Waals surface area contributed by atoms with Gasteiger partial charge in [-0.25, -0.2) is 4.98 Å². The molecule has 0 radical (unpaired) electrons. The molecule has 23 heavy (non-hydrogen) atoms. The van der Waals surface area contributed by atoms with Crippen molar-refractivity contribution in [2.75, 3.05) is 0 Å². The predicted molar refractivity (Wildman–Crippen MR) is 76.2 cm³/mol. The van der Waals surface area contributed by atoms with Gasteiger partial charge in [-0.05, 0) is 37.1 Å². The average molecular weight is 346 g/mol. The van der Waals surface area contributed by atoms with Crippen molar-refractivity contribution in [2.24, 2.45) is 7.05 Å². The Morgan fingerprint density at radius 1 is 1.22 bits per heavy atom. The second-order valence-corrected chi connectivity index (χ2v) is 6.92. The van der Waals surface area contributed by atoms with Crippen LogP contribution >= 0.6 is 0 Å². The molecular weight excluding hydrogens is 333 g/mol. The molecule has 1 fully saturated rings. The van der Waals surface area contributed by atoms with Gasteiger partial charge in [0.2, 0.25) is 0 Å². The Morgan fingerprint density at radius 3 is 2.35 bits per heavy atom. The molecule has 5 nitrogen and oxygen atoms in total. The molecule has 0 atom stereocenters. The van der Waals surface area contributed by atoms with E-state index in [9.17, 15) is 21.6 Å². The van der Waals surface area contributed by atoms with Crippen molar-refractivity contribution in [1.82, 2.24) is 9.55 Å². The molecule has 2 aromatic rings. The average Bonchev–Trinajstić information content (AvgIpc) is 3.22. The monoisotopic (exact) mass is 346 g/mol. The topological polar surface area (TPSA) is 61.2 Å². The van der Waals surface area contributed by atoms with Gasteiger partial charge in [0.25, 0.3) is 0 Å². The fourth-order valence-electron chi connectivity index (χ4n) is 2.17. The van der Waals surface area contributed by atoms with Crippen molar-refractivity contribution < 1.29 is 25.8 Å². The van der Waals surface area contributed by atoms with Crippen LogP contribution in [0.1, 0.15) is 24.5 Å². The molecule has 0 N–H and O–H groups in total. The smallest absolute Gasteiger partial charge is 0.376 e. The number of alkyl halides is 3. The van der Waals surface area contributed by atoms with Gasteiger partial charge in [0.15, 0.2) is 0 Å². The molecule has 0 aliphatic heterocycles. The minimum atomic E-state index is -5.66. The van der Waals surface area contributed by atoms with E-state index in [4.69, 9.17) is 0 Å². The summed E-state index contributed by atoms with van der Waals surface area (Å²) in [5, 5.41) is 0. The Kier molecular flexibility index (Phi) is 3.62. The first-order valence-electron chi connectivity index (χ1n) is 6.82. The second-order valence-electron chi connectivity index (χ2n) is 5.38. The van der Waals surface area contributed by atoms with Gasteiger partial charge in [0.1, 0.15) is 11.6 Å². The third-order valence-electron chi connectivity index (χ3n) is 3.49. The molecule has 124 valence electrons. The molecule has 1 aliphatic carbocycles. The molecule has 1 aromatic carbocycles. The van der Waals surface area contributed by atoms with E-state index in [2.05, 4.69) is 9.17 Å². The van der Waals surface area contributed by atoms with Crippen LogP contribution in [0.2, 0.25) is 0 Å². The number of rotatable bonds is 4. The molecule has 0 saturated heterocycles. The van der Waals surface area contributed by atoms with E-state index in [0.717, 1.165) is 18.5 Å². The van der Waals surface area contributed by atoms with E-state index < -0.39 is 21.4 Å². The number of aromatic nitrogens is 2. The van der Waals surface area contributed by atoms with Crippen LogP contribution < -0.4 is 4.18 Å². The summed E-state index contributed by atoms with van der Waals surface area (Å²) in [6, 6.07) is 5.29. The van der Waals surface area contributed by atoms with Crippen molar-refractivity contribution in [2.45, 2.75) is 24.3 Å². The van der Waals surface area contributed by atoms with Gasteiger partial charge in [0.05, 0.1) is 5.69 Å². The molecule has 0 amide bonds. The number of halogens is 3. The number of aryl methyl sites for hydroxylation is 1. The molecule has 1 aliphatic rings. The lowest BCUT2D eigenvalue weighted by atomic mass is 10.2. The summed E-state index contributed by atoms with van der Waals surface area (Å²) < 4.78 is 64.6. The number of nitrogens with zero attached hydrogens (tertiary/aromatic N) is 2. The maximum absolute atomic E-state index is 12.3. The molecule has 0 unspecified atom stereocenters. The zero-order valence-corrected chi connectivity index (χ0v) is 12.9. The Morgan fingerprint density at radius 2 is 1.83 bits per heavy atom. The van der Waals surface area contributed by atoms with Crippen LogP contribution in [0.3, 0.4) is 0 Å². The summed E-state index contributed by atoms with van der Waals surface area (Å²) in [5.74, 6) is 0.745. The minimum absolute atomic E-state index is 0.400. The highest BCUT2D eigenvalue weighted by molar-refractivity contribution is 7.88. The third-order valence-corrected chi connectivity index (χ3v) is 4.47. The number of hydrogen-bond donors (Lipinski definition) is 0. The summed E-state index contributed by atoms with van der Waals surface area (Å²) in [4.78, 5) is 4.51. The first-order chi connectivity index (χ1) is 10.7. The minimum Gasteiger partial charge on any atom is -0.376 e. The lowest BCUT2D eigenvalue weighted by molar-refractivity contribution is -0.0500. The lowest BCUT2D eigenvalue weighted by Crippen LogP contribution is -2.28. The van der Waals surface area contributed by atoms with E-state index >= 15 is 0 Å². The molecule has 9 heteroatoms. The number of benzene rings is 1. The van der Waals surface area contributed by atoms with E-state index in [-0.39, 0.29) is 0 Å². The Labute approximate surface area is 130 Å². The maximum atomic E-state index is 12.3. The maximum Gasteiger partial charge on any atom is 0.534 e. The predicted octanol–water partition coefficient (Wildman–Crippen LogP) is 3.19. The van der Waals surface area contributed by atoms with Gasteiger partial charge in [0, 0.05) is 24.7 Å². The summed E-state index contributed by atoms with van der Waals surface area (Å²) in [7, 11) is -3.83. The van der Waals surface area contributed by atoms with Gasteiger partial charge in [-0.3, -0.25) is 0 Å². The van der Waals surface area contributed by atoms with Crippen LogP contribution in [0.5, 0.6) is 5.75 Å². The Hall–Kier alpha value is -2.03. The normalized spacial score (nSPS) is 15.7. The fraction of sp³-hybridized carbons (Fsp3) is 0.357. The van der Waals surface area contributed by atoms with Crippen molar-refractivity contribution in [3.05, 3.63) is 36.2 Å². The van der Waals surface area contributed by atoms with Crippen molar-refractivity contribution in [3.63, 3.8) is 0 Å². The van der Waals surface area contributed by atoms with Crippen LogP contribution in [0.4, 0.5) is 13.2 Å². The van der Waals surface area contributed by atoms with Crippen LogP contribution in [-0.2, 0) is 17.2 Å². The molecule has 1 heterocycles. The second kappa shape index (κ2) is 5.26. The Balaban J connectivity index is 1.82. The molecule has 3 rings (SSSR count). The van der Waals surface area contributed by atoms with Crippen LogP contribution in [0.15, 0.2) is 30.5 Å². The molecule has 0 spiro atoms. The summed E-state index contributed by atoms with van der Waals surface area (Å²) in [6.45, 7) is 0. The van der Waals surface area contributed by atoms with Crippen molar-refractivity contribution in [1.29, 1.82) is 0 Å². The zero-order chi connectivity index (χ0) is 16.8. The number of hydrogen-bond acceptors (Lipinski definition) is 4. The quantitative estimate of drug-likeness (QED) is 0.630. The van der Waals surface area contributed by atoms with E-state index in [1.54, 1.807) is 0 Å². The lowest BCUT2D eigenvalue weighted by Gasteiger charge is -2.09. The van der Waals surface area contributed by atoms with Crippen molar-refractivity contribution in [3.8, 4) is 17.1 Å². The van der Waals surface area contributed by atoms with Gasteiger partial charge in [-0.15, -0.1) is 0 Å². The van der Waals surface area contributed by atoms with E-state index in [1.807, 2.05) is 17.8 Å². The highest BCUT2D eigenvalue weighted by Gasteiger charge is 2.48. The molecule has 1 saturated carbocycles. The number of imidazole rings is 1. The highest BCUT2D eigenvalue weighted by atomic mass is 32.2. The van der Waals surface area contributed by atoms with Crippen molar-refractivity contribution >= 4 is 10.1 Å². The molecular formula is C14H13F3N2O3S. The van der Waals surface area contributed by atoms with E-state index in [1.165, 1.54) is 24.3 Å². The van der Waals surface area contributed by atoms with Gasteiger partial charge in [-0.1, -0.05) is 0 Å². The largest absolute Gasteiger partial charge is 0.534 e. The summed E-state index contributed by atoms with van der Waals surface area (Å²) in [5.41, 5.74) is -3.80. The van der Waals surface area contributed by atoms with Gasteiger partial charge in [-0.2, -0.15) is 21.6 Å². The Bertz CT molecular complexity index is 822. The third kappa shape index (κ3) is 3.19. The van der Waals surface area contributed by atoms with E-state index in [0.29, 0.717) is 17.3 Å². The zero-order valence-electron chi connectivity index (χ0n) is 12.0. The summed E-state index contributed by atoms with van der Waals surface area (Å²) >= 11 is 0. The van der Waals surface area contributed by atoms with Crippen LogP contribution in [0, 0.1) is 0 Å². The molecule has 1 aromatic heterocycles. The molecule has 0 bridgehead atoms. The fourth-order valence-corrected chi connectivity index (χ4v) is 2.63. The first-order valence-corrected chi connectivity index (χ1v) is 8.22.